The summed E-state index contributed by atoms with van der Waals surface area (Å²) in [6, 6.07) is 15.9. The molecule has 4 N–H and O–H groups in total. The maximum atomic E-state index is 11.8. The van der Waals surface area contributed by atoms with E-state index in [2.05, 4.69) is 31.9 Å². The van der Waals surface area contributed by atoms with E-state index in [-0.39, 0.29) is 11.8 Å². The molecular weight excluding hydrogens is 532 g/mol. The van der Waals surface area contributed by atoms with Crippen LogP contribution in [0.25, 0.3) is 0 Å². The van der Waals surface area contributed by atoms with Crippen LogP contribution in [0.4, 0.5) is 0 Å². The number of hydrogen-bond donors (Lipinski definition) is 2. The van der Waals surface area contributed by atoms with Crippen LogP contribution in [-0.2, 0) is 20.4 Å². The maximum Gasteiger partial charge on any atom is 0.228 e. The third kappa shape index (κ3) is 5.12. The molecule has 0 spiro atoms. The van der Waals surface area contributed by atoms with Gasteiger partial charge in [-0.2, -0.15) is 0 Å². The van der Waals surface area contributed by atoms with Crippen LogP contribution < -0.4 is 11.5 Å². The largest absolute Gasteiger partial charge is 0.369 e. The SMILES string of the molecule is NC(=O)C1(c2ccccc2Br)CCCCC1.NC(=O)C1(c2ccccc2Br)CCCCC1. The molecule has 6 heteroatoms. The Balaban J connectivity index is 0.000000181. The molecule has 172 valence electrons. The number of nitrogens with two attached hydrogens (primary N) is 2. The number of carbonyl (C=O) groups excluding carboxylic acids is 2. The Morgan fingerprint density at radius 2 is 0.906 bits per heavy atom. The van der Waals surface area contributed by atoms with Gasteiger partial charge in [0.25, 0.3) is 0 Å². The van der Waals surface area contributed by atoms with Crippen molar-refractivity contribution in [2.24, 2.45) is 11.5 Å². The Labute approximate surface area is 207 Å². The fraction of sp³-hybridized carbons (Fsp3) is 0.462. The van der Waals surface area contributed by atoms with Gasteiger partial charge in [-0.15, -0.1) is 0 Å². The second kappa shape index (κ2) is 11.0. The van der Waals surface area contributed by atoms with Crippen LogP contribution in [0.15, 0.2) is 57.5 Å². The van der Waals surface area contributed by atoms with Crippen molar-refractivity contribution in [2.75, 3.05) is 0 Å². The average Bonchev–Trinajstić information content (AvgIpc) is 2.81. The molecule has 0 unspecified atom stereocenters. The Hall–Kier alpha value is -1.66. The fourth-order valence-corrected chi connectivity index (χ4v) is 6.63. The van der Waals surface area contributed by atoms with Gasteiger partial charge >= 0.3 is 0 Å². The topological polar surface area (TPSA) is 86.2 Å². The van der Waals surface area contributed by atoms with E-state index in [9.17, 15) is 9.59 Å². The highest BCUT2D eigenvalue weighted by Crippen LogP contribution is 2.43. The quantitative estimate of drug-likeness (QED) is 0.459. The number of hydrogen-bond acceptors (Lipinski definition) is 2. The third-order valence-electron chi connectivity index (χ3n) is 7.14. The van der Waals surface area contributed by atoms with Crippen LogP contribution in [0.2, 0.25) is 0 Å². The molecule has 2 aromatic rings. The summed E-state index contributed by atoms with van der Waals surface area (Å²) < 4.78 is 1.99. The molecule has 0 bridgehead atoms. The highest BCUT2D eigenvalue weighted by atomic mass is 79.9. The number of halogens is 2. The molecular formula is C26H32Br2N2O2. The number of primary amides is 2. The first kappa shape index (κ1) is 25.0. The van der Waals surface area contributed by atoms with Crippen molar-refractivity contribution < 1.29 is 9.59 Å². The number of benzene rings is 2. The normalized spacial score (nSPS) is 19.3. The molecule has 0 aromatic heterocycles. The lowest BCUT2D eigenvalue weighted by Crippen LogP contribution is -2.43. The van der Waals surface area contributed by atoms with E-state index in [1.165, 1.54) is 12.8 Å². The Bertz CT molecular complexity index is 871. The smallest absolute Gasteiger partial charge is 0.228 e. The van der Waals surface area contributed by atoms with Crippen LogP contribution in [0.1, 0.15) is 75.3 Å². The summed E-state index contributed by atoms with van der Waals surface area (Å²) >= 11 is 7.06. The summed E-state index contributed by atoms with van der Waals surface area (Å²) in [5, 5.41) is 0. The predicted octanol–water partition coefficient (Wildman–Crippen LogP) is 6.27. The van der Waals surface area contributed by atoms with E-state index < -0.39 is 10.8 Å². The van der Waals surface area contributed by atoms with Gasteiger partial charge < -0.3 is 11.5 Å². The molecule has 2 fully saturated rings. The first-order valence-corrected chi connectivity index (χ1v) is 13.0. The van der Waals surface area contributed by atoms with Crippen molar-refractivity contribution in [3.63, 3.8) is 0 Å². The average molecular weight is 564 g/mol. The molecule has 2 aromatic carbocycles. The maximum absolute atomic E-state index is 11.8. The second-order valence-corrected chi connectivity index (χ2v) is 10.7. The molecule has 0 heterocycles. The first-order chi connectivity index (χ1) is 15.3. The number of carbonyl (C=O) groups is 2. The summed E-state index contributed by atoms with van der Waals surface area (Å²) in [6.45, 7) is 0. The molecule has 0 atom stereocenters. The lowest BCUT2D eigenvalue weighted by molar-refractivity contribution is -0.125. The van der Waals surface area contributed by atoms with Crippen LogP contribution in [0.3, 0.4) is 0 Å². The summed E-state index contributed by atoms with van der Waals surface area (Å²) in [6.07, 6.45) is 10.3. The monoisotopic (exact) mass is 562 g/mol. The van der Waals surface area contributed by atoms with Crippen LogP contribution in [-0.4, -0.2) is 11.8 Å². The third-order valence-corrected chi connectivity index (χ3v) is 8.52. The predicted molar refractivity (Wildman–Crippen MR) is 136 cm³/mol. The van der Waals surface area contributed by atoms with E-state index in [1.807, 2.05) is 48.5 Å². The van der Waals surface area contributed by atoms with Gasteiger partial charge in [0.15, 0.2) is 0 Å². The van der Waals surface area contributed by atoms with Gasteiger partial charge in [-0.05, 0) is 48.9 Å². The Morgan fingerprint density at radius 3 is 1.19 bits per heavy atom. The molecule has 2 amide bonds. The van der Waals surface area contributed by atoms with E-state index in [0.29, 0.717) is 0 Å². The Morgan fingerprint density at radius 1 is 0.594 bits per heavy atom. The van der Waals surface area contributed by atoms with E-state index in [4.69, 9.17) is 11.5 Å². The number of amides is 2. The summed E-state index contributed by atoms with van der Waals surface area (Å²) in [4.78, 5) is 23.7. The van der Waals surface area contributed by atoms with Crippen molar-refractivity contribution >= 4 is 43.7 Å². The van der Waals surface area contributed by atoms with Crippen molar-refractivity contribution in [3.05, 3.63) is 68.6 Å². The second-order valence-electron chi connectivity index (χ2n) is 8.97. The molecule has 0 radical (unpaired) electrons. The molecule has 0 aliphatic heterocycles. The summed E-state index contributed by atoms with van der Waals surface area (Å²) in [7, 11) is 0. The number of rotatable bonds is 4. The van der Waals surface area contributed by atoms with Crippen LogP contribution in [0.5, 0.6) is 0 Å². The first-order valence-electron chi connectivity index (χ1n) is 11.4. The lowest BCUT2D eigenvalue weighted by atomic mass is 9.69. The molecule has 32 heavy (non-hydrogen) atoms. The van der Waals surface area contributed by atoms with Crippen molar-refractivity contribution in [1.82, 2.24) is 0 Å². The summed E-state index contributed by atoms with van der Waals surface area (Å²) in [5.41, 5.74) is 12.5. The zero-order chi connectivity index (χ0) is 23.2. The van der Waals surface area contributed by atoms with Gasteiger partial charge in [0.05, 0.1) is 10.8 Å². The highest BCUT2D eigenvalue weighted by molar-refractivity contribution is 9.10. The van der Waals surface area contributed by atoms with Gasteiger partial charge in [0.1, 0.15) is 0 Å². The van der Waals surface area contributed by atoms with Gasteiger partial charge in [-0.1, -0.05) is 107 Å². The minimum atomic E-state index is -0.446. The van der Waals surface area contributed by atoms with Gasteiger partial charge in [0, 0.05) is 8.95 Å². The minimum absolute atomic E-state index is 0.181. The lowest BCUT2D eigenvalue weighted by Gasteiger charge is -2.35. The zero-order valence-electron chi connectivity index (χ0n) is 18.4. The molecule has 0 saturated heterocycles. The molecule has 4 rings (SSSR count). The van der Waals surface area contributed by atoms with Crippen LogP contribution in [0, 0.1) is 0 Å². The molecule has 2 aliphatic rings. The zero-order valence-corrected chi connectivity index (χ0v) is 21.6. The molecule has 2 saturated carbocycles. The van der Waals surface area contributed by atoms with Gasteiger partial charge in [0.2, 0.25) is 11.8 Å². The van der Waals surface area contributed by atoms with E-state index in [0.717, 1.165) is 71.4 Å². The molecule has 2 aliphatic carbocycles. The van der Waals surface area contributed by atoms with E-state index in [1.54, 1.807) is 0 Å². The van der Waals surface area contributed by atoms with Gasteiger partial charge in [-0.3, -0.25) is 9.59 Å². The van der Waals surface area contributed by atoms with Crippen molar-refractivity contribution in [3.8, 4) is 0 Å². The molecule has 4 nitrogen and oxygen atoms in total. The van der Waals surface area contributed by atoms with Crippen molar-refractivity contribution in [2.45, 2.75) is 75.0 Å². The fourth-order valence-electron chi connectivity index (χ4n) is 5.31. The minimum Gasteiger partial charge on any atom is -0.369 e. The Kier molecular flexibility index (Phi) is 8.56. The van der Waals surface area contributed by atoms with Gasteiger partial charge in [-0.25, -0.2) is 0 Å². The standard InChI is InChI=1S/2C13H16BrNO/c2*14-11-7-3-2-6-10(11)13(12(15)16)8-4-1-5-9-13/h2*2-3,6-7H,1,4-5,8-9H2,(H2,15,16). The van der Waals surface area contributed by atoms with E-state index >= 15 is 0 Å². The highest BCUT2D eigenvalue weighted by Gasteiger charge is 2.41. The van der Waals surface area contributed by atoms with Crippen LogP contribution >= 0.6 is 31.9 Å². The van der Waals surface area contributed by atoms with Crippen molar-refractivity contribution in [1.29, 1.82) is 0 Å². The summed E-state index contributed by atoms with van der Waals surface area (Å²) in [5.74, 6) is -0.363.